The van der Waals surface area contributed by atoms with E-state index in [1.807, 2.05) is 44.2 Å². The van der Waals surface area contributed by atoms with Gasteiger partial charge in [-0.25, -0.2) is 4.39 Å². The molecule has 1 aliphatic heterocycles. The lowest BCUT2D eigenvalue weighted by Gasteiger charge is -2.44. The zero-order valence-corrected chi connectivity index (χ0v) is 30.0. The van der Waals surface area contributed by atoms with Crippen molar-refractivity contribution in [1.29, 1.82) is 5.41 Å². The molecule has 0 amide bonds. The highest BCUT2D eigenvalue weighted by molar-refractivity contribution is 7.71. The molecule has 0 saturated carbocycles. The van der Waals surface area contributed by atoms with Crippen LogP contribution in [0.4, 0.5) is 33.2 Å². The molecule has 0 atom stereocenters. The summed E-state index contributed by atoms with van der Waals surface area (Å²) in [5.41, 5.74) is 4.86. The molecule has 50 heavy (non-hydrogen) atoms. The van der Waals surface area contributed by atoms with E-state index in [9.17, 15) is 8.96 Å². The fraction of sp³-hybridized carbons (Fsp3) is 0.343. The summed E-state index contributed by atoms with van der Waals surface area (Å²) >= 11 is 0. The van der Waals surface area contributed by atoms with Gasteiger partial charge < -0.3 is 40.5 Å². The number of allylic oxidation sites excluding steroid dienone is 1. The second kappa shape index (κ2) is 14.0. The minimum Gasteiger partial charge on any atom is -0.494 e. The molecule has 262 valence electrons. The van der Waals surface area contributed by atoms with Crippen LogP contribution >= 0.6 is 7.14 Å². The second-order valence-electron chi connectivity index (χ2n) is 13.1. The van der Waals surface area contributed by atoms with Gasteiger partial charge in [0.05, 0.1) is 34.7 Å². The van der Waals surface area contributed by atoms with Gasteiger partial charge in [0.1, 0.15) is 36.5 Å². The number of benzene rings is 2. The summed E-state index contributed by atoms with van der Waals surface area (Å²) in [6, 6.07) is 9.45. The molecule has 3 aromatic heterocycles. The first-order chi connectivity index (χ1) is 24.0. The number of hydrogen-bond acceptors (Lipinski definition) is 12. The largest absolute Gasteiger partial charge is 0.494 e. The number of ether oxygens (including phenoxy) is 1. The molecule has 0 bridgehead atoms. The molecule has 4 heterocycles. The summed E-state index contributed by atoms with van der Waals surface area (Å²) < 4.78 is 33.3. The summed E-state index contributed by atoms with van der Waals surface area (Å²) in [6.45, 7) is 9.63. The highest BCUT2D eigenvalue weighted by atomic mass is 31.2. The number of nitrogens with zero attached hydrogens (tertiary/aromatic N) is 6. The first-order valence-electron chi connectivity index (χ1n) is 16.3. The zero-order chi connectivity index (χ0) is 35.6. The molecule has 15 heteroatoms. The van der Waals surface area contributed by atoms with Crippen molar-refractivity contribution in [2.24, 2.45) is 0 Å². The van der Waals surface area contributed by atoms with E-state index in [0.29, 0.717) is 76.7 Å². The van der Waals surface area contributed by atoms with E-state index in [0.717, 1.165) is 16.6 Å². The number of methoxy groups -OCH3 is 1. The van der Waals surface area contributed by atoms with Crippen LogP contribution in [-0.2, 0) is 4.57 Å². The normalized spacial score (nSPS) is 14.6. The molecule has 0 radical (unpaired) electrons. The third kappa shape index (κ3) is 6.86. The summed E-state index contributed by atoms with van der Waals surface area (Å²) in [7, 11) is 0.581. The van der Waals surface area contributed by atoms with Crippen molar-refractivity contribution in [3.63, 3.8) is 0 Å². The Hall–Kier alpha value is -5.07. The van der Waals surface area contributed by atoms with Gasteiger partial charge in [0.15, 0.2) is 0 Å². The molecule has 1 saturated heterocycles. The van der Waals surface area contributed by atoms with E-state index in [2.05, 4.69) is 40.7 Å². The van der Waals surface area contributed by atoms with Gasteiger partial charge in [-0.2, -0.15) is 9.97 Å². The Morgan fingerprint density at radius 3 is 2.52 bits per heavy atom. The number of aromatic amines is 1. The van der Waals surface area contributed by atoms with Crippen molar-refractivity contribution in [1.82, 2.24) is 35.1 Å². The van der Waals surface area contributed by atoms with Crippen LogP contribution in [0.5, 0.6) is 5.75 Å². The van der Waals surface area contributed by atoms with Crippen molar-refractivity contribution < 1.29 is 13.7 Å². The number of halogens is 1. The van der Waals surface area contributed by atoms with Gasteiger partial charge in [0.2, 0.25) is 5.95 Å². The molecular weight excluding hydrogens is 656 g/mol. The summed E-state index contributed by atoms with van der Waals surface area (Å²) in [5, 5.41) is 19.4. The second-order valence-corrected chi connectivity index (χ2v) is 16.3. The van der Waals surface area contributed by atoms with E-state index in [-0.39, 0.29) is 5.95 Å². The predicted octanol–water partition coefficient (Wildman–Crippen LogP) is 5.72. The highest BCUT2D eigenvalue weighted by Gasteiger charge is 2.31. The van der Waals surface area contributed by atoms with Crippen molar-refractivity contribution in [2.45, 2.75) is 19.4 Å². The number of fused-ring (bicyclic) bond motifs is 2. The SMILES string of the molecule is CN/C=C(\C=N)c1cc(Nc2nc(Nc3ccc4nccnc4c3P(C)(C)=O)c3cc[nH]c3n2)c(OC)cc1N1CCN(C(C)(C)CF)CC1. The van der Waals surface area contributed by atoms with Crippen LogP contribution in [0.15, 0.2) is 55.1 Å². The lowest BCUT2D eigenvalue weighted by Crippen LogP contribution is -2.55. The van der Waals surface area contributed by atoms with Gasteiger partial charge in [-0.15, -0.1) is 0 Å². The van der Waals surface area contributed by atoms with Gasteiger partial charge >= 0.3 is 0 Å². The number of aromatic nitrogens is 5. The van der Waals surface area contributed by atoms with E-state index < -0.39 is 19.4 Å². The van der Waals surface area contributed by atoms with Gasteiger partial charge in [-0.3, -0.25) is 14.9 Å². The summed E-state index contributed by atoms with van der Waals surface area (Å²) in [5.74, 6) is 1.34. The van der Waals surface area contributed by atoms with Gasteiger partial charge in [-0.05, 0) is 51.4 Å². The van der Waals surface area contributed by atoms with Crippen LogP contribution in [0.3, 0.4) is 0 Å². The van der Waals surface area contributed by atoms with Crippen LogP contribution in [0.2, 0.25) is 0 Å². The van der Waals surface area contributed by atoms with Crippen molar-refractivity contribution in [2.75, 3.05) is 75.9 Å². The van der Waals surface area contributed by atoms with Crippen LogP contribution < -0.4 is 30.9 Å². The lowest BCUT2D eigenvalue weighted by molar-refractivity contribution is 0.0860. The minimum absolute atomic E-state index is 0.286. The molecule has 2 aromatic carbocycles. The minimum atomic E-state index is -2.82. The Kier molecular flexibility index (Phi) is 9.77. The lowest BCUT2D eigenvalue weighted by atomic mass is 10.0. The maximum Gasteiger partial charge on any atom is 0.231 e. The fourth-order valence-corrected chi connectivity index (χ4v) is 7.72. The standard InChI is InChI=1S/C35H43FN11O2P/c1-35(2,21-36)47-15-13-46(14-16-47)28-18-29(49-4)27(17-24(28)22(19-37)20-38-3)43-34-44-32-23(9-10-41-32)33(45-34)42-26-8-7-25-30(40-12-11-39-25)31(26)50(5,6)48/h7-12,17-20,37-38H,13-16,21H2,1-6H3,(H3,41,42,43,44,45)/b22-20+,37-19?. The number of H-pyrrole nitrogens is 1. The topological polar surface area (TPSA) is 160 Å². The van der Waals surface area contributed by atoms with Crippen molar-refractivity contribution in [3.8, 4) is 5.75 Å². The van der Waals surface area contributed by atoms with Gasteiger partial charge in [-0.1, -0.05) is 0 Å². The molecule has 5 aromatic rings. The summed E-state index contributed by atoms with van der Waals surface area (Å²) in [6.07, 6.45) is 8.08. The highest BCUT2D eigenvalue weighted by Crippen LogP contribution is 2.42. The monoisotopic (exact) mass is 699 g/mol. The smallest absolute Gasteiger partial charge is 0.231 e. The molecule has 0 spiro atoms. The van der Waals surface area contributed by atoms with E-state index in [4.69, 9.17) is 20.1 Å². The Morgan fingerprint density at radius 1 is 1.08 bits per heavy atom. The average molecular weight is 700 g/mol. The van der Waals surface area contributed by atoms with E-state index in [1.54, 1.807) is 52.3 Å². The van der Waals surface area contributed by atoms with E-state index >= 15 is 0 Å². The van der Waals surface area contributed by atoms with Gasteiger partial charge in [0.25, 0.3) is 0 Å². The Labute approximate surface area is 290 Å². The molecule has 6 rings (SSSR count). The first-order valence-corrected chi connectivity index (χ1v) is 18.9. The van der Waals surface area contributed by atoms with Crippen LogP contribution in [0, 0.1) is 5.41 Å². The van der Waals surface area contributed by atoms with E-state index in [1.165, 1.54) is 6.21 Å². The number of nitrogens with one attached hydrogen (secondary N) is 5. The first kappa shape index (κ1) is 34.8. The maximum absolute atomic E-state index is 13.8. The quantitative estimate of drug-likeness (QED) is 0.0800. The number of hydrogen-bond donors (Lipinski definition) is 5. The van der Waals surface area contributed by atoms with Crippen LogP contribution in [0.1, 0.15) is 19.4 Å². The Balaban J connectivity index is 1.40. The molecule has 1 fully saturated rings. The molecule has 1 aliphatic rings. The van der Waals surface area contributed by atoms with Crippen LogP contribution in [-0.4, -0.2) is 102 Å². The fourth-order valence-electron chi connectivity index (χ4n) is 6.33. The van der Waals surface area contributed by atoms with Gasteiger partial charge in [0, 0.05) is 92.7 Å². The van der Waals surface area contributed by atoms with Crippen LogP contribution in [0.25, 0.3) is 27.6 Å². The predicted molar refractivity (Wildman–Crippen MR) is 202 cm³/mol. The summed E-state index contributed by atoms with van der Waals surface area (Å²) in [4.78, 5) is 26.1. The van der Waals surface area contributed by atoms with Crippen molar-refractivity contribution in [3.05, 3.63) is 60.7 Å². The Morgan fingerprint density at radius 2 is 1.84 bits per heavy atom. The van der Waals surface area contributed by atoms with Crippen molar-refractivity contribution >= 4 is 75.1 Å². The number of piperazine rings is 1. The Bertz CT molecular complexity index is 2120. The molecule has 13 nitrogen and oxygen atoms in total. The third-order valence-electron chi connectivity index (χ3n) is 8.96. The number of anilines is 5. The third-order valence-corrected chi connectivity index (χ3v) is 10.5. The molecule has 5 N–H and O–H groups in total. The number of rotatable bonds is 12. The molecular formula is C35H43FN11O2P. The average Bonchev–Trinajstić information content (AvgIpc) is 3.59. The molecule has 0 unspecified atom stereocenters. The number of alkyl halides is 1. The zero-order valence-electron chi connectivity index (χ0n) is 29.1. The molecule has 0 aliphatic carbocycles. The maximum atomic E-state index is 13.8.